The number of carboxylic acids is 1. The molecule has 4 nitrogen and oxygen atoms in total. The van der Waals surface area contributed by atoms with Gasteiger partial charge in [0.15, 0.2) is 0 Å². The minimum atomic E-state index is -0.990. The van der Waals surface area contributed by atoms with Gasteiger partial charge in [-0.05, 0) is 19.3 Å². The first-order chi connectivity index (χ1) is 8.06. The lowest BCUT2D eigenvalue weighted by Crippen LogP contribution is -2.09. The number of aromatic carboxylic acids is 1. The third-order valence-electron chi connectivity index (χ3n) is 2.91. The summed E-state index contributed by atoms with van der Waals surface area (Å²) in [5.41, 5.74) is 0.761. The summed E-state index contributed by atoms with van der Waals surface area (Å²) in [5, 5.41) is 13.8. The molecular formula is C12H19ClN2O2. The molecular weight excluding hydrogens is 240 g/mol. The molecule has 17 heavy (non-hydrogen) atoms. The molecule has 1 aromatic rings. The SMILES string of the molecule is CCCc1nn(C(CC)CC)c(Cl)c1C(=O)O. The van der Waals surface area contributed by atoms with Crippen molar-refractivity contribution in [1.82, 2.24) is 9.78 Å². The molecule has 0 aromatic carbocycles. The second-order valence-electron chi connectivity index (χ2n) is 4.08. The van der Waals surface area contributed by atoms with Gasteiger partial charge in [0.2, 0.25) is 0 Å². The molecule has 96 valence electrons. The van der Waals surface area contributed by atoms with E-state index in [0.29, 0.717) is 12.1 Å². The van der Waals surface area contributed by atoms with Crippen LogP contribution in [-0.2, 0) is 6.42 Å². The number of halogens is 1. The van der Waals surface area contributed by atoms with Crippen molar-refractivity contribution in [2.45, 2.75) is 52.5 Å². The average molecular weight is 259 g/mol. The van der Waals surface area contributed by atoms with Crippen LogP contribution in [0.25, 0.3) is 0 Å². The van der Waals surface area contributed by atoms with Gasteiger partial charge in [-0.2, -0.15) is 5.10 Å². The molecule has 0 fully saturated rings. The lowest BCUT2D eigenvalue weighted by Gasteiger charge is -2.13. The van der Waals surface area contributed by atoms with Crippen LogP contribution in [0.4, 0.5) is 0 Å². The molecule has 0 radical (unpaired) electrons. The molecule has 1 heterocycles. The van der Waals surface area contributed by atoms with Crippen LogP contribution in [0.1, 0.15) is 62.1 Å². The van der Waals surface area contributed by atoms with Crippen molar-refractivity contribution in [2.75, 3.05) is 0 Å². The van der Waals surface area contributed by atoms with E-state index < -0.39 is 5.97 Å². The molecule has 0 bridgehead atoms. The van der Waals surface area contributed by atoms with Crippen molar-refractivity contribution in [3.63, 3.8) is 0 Å². The van der Waals surface area contributed by atoms with Crippen molar-refractivity contribution >= 4 is 17.6 Å². The molecule has 0 atom stereocenters. The summed E-state index contributed by atoms with van der Waals surface area (Å²) >= 11 is 6.13. The summed E-state index contributed by atoms with van der Waals surface area (Å²) in [4.78, 5) is 11.2. The van der Waals surface area contributed by atoms with Gasteiger partial charge in [-0.25, -0.2) is 9.48 Å². The third-order valence-corrected chi connectivity index (χ3v) is 3.28. The Hall–Kier alpha value is -1.03. The Balaban J connectivity index is 3.25. The highest BCUT2D eigenvalue weighted by Crippen LogP contribution is 2.27. The van der Waals surface area contributed by atoms with Gasteiger partial charge in [0.25, 0.3) is 0 Å². The largest absolute Gasteiger partial charge is 0.478 e. The maximum atomic E-state index is 11.2. The third kappa shape index (κ3) is 2.80. The van der Waals surface area contributed by atoms with E-state index in [4.69, 9.17) is 11.6 Å². The molecule has 5 heteroatoms. The van der Waals surface area contributed by atoms with E-state index in [2.05, 4.69) is 5.10 Å². The predicted molar refractivity (Wildman–Crippen MR) is 67.8 cm³/mol. The molecule has 1 rings (SSSR count). The molecule has 0 aliphatic heterocycles. The fourth-order valence-electron chi connectivity index (χ4n) is 1.96. The molecule has 0 saturated carbocycles. The summed E-state index contributed by atoms with van der Waals surface area (Å²) in [6.45, 7) is 6.09. The molecule has 0 aliphatic carbocycles. The maximum Gasteiger partial charge on any atom is 0.340 e. The van der Waals surface area contributed by atoms with Crippen molar-refractivity contribution in [3.8, 4) is 0 Å². The van der Waals surface area contributed by atoms with Crippen LogP contribution in [-0.4, -0.2) is 20.9 Å². The summed E-state index contributed by atoms with van der Waals surface area (Å²) in [7, 11) is 0. The minimum Gasteiger partial charge on any atom is -0.478 e. The van der Waals surface area contributed by atoms with Crippen molar-refractivity contribution in [3.05, 3.63) is 16.4 Å². The molecule has 0 unspecified atom stereocenters. The van der Waals surface area contributed by atoms with E-state index in [1.165, 1.54) is 0 Å². The van der Waals surface area contributed by atoms with E-state index in [0.717, 1.165) is 19.3 Å². The first-order valence-corrected chi connectivity index (χ1v) is 6.44. The fourth-order valence-corrected chi connectivity index (χ4v) is 2.32. The van der Waals surface area contributed by atoms with Gasteiger partial charge in [0.1, 0.15) is 10.7 Å². The van der Waals surface area contributed by atoms with Crippen LogP contribution >= 0.6 is 11.6 Å². The average Bonchev–Trinajstić information content (AvgIpc) is 2.59. The number of carbonyl (C=O) groups is 1. The van der Waals surface area contributed by atoms with Crippen molar-refractivity contribution in [2.24, 2.45) is 0 Å². The number of aromatic nitrogens is 2. The number of rotatable bonds is 6. The zero-order chi connectivity index (χ0) is 13.0. The van der Waals surface area contributed by atoms with Gasteiger partial charge in [0.05, 0.1) is 11.7 Å². The van der Waals surface area contributed by atoms with Crippen LogP contribution in [0.15, 0.2) is 0 Å². The normalized spacial score (nSPS) is 11.1. The monoisotopic (exact) mass is 258 g/mol. The highest BCUT2D eigenvalue weighted by Gasteiger charge is 2.24. The molecule has 1 aromatic heterocycles. The quantitative estimate of drug-likeness (QED) is 0.849. The number of nitrogens with zero attached hydrogens (tertiary/aromatic N) is 2. The topological polar surface area (TPSA) is 55.1 Å². The van der Waals surface area contributed by atoms with E-state index in [-0.39, 0.29) is 16.8 Å². The van der Waals surface area contributed by atoms with Crippen LogP contribution in [0.2, 0.25) is 5.15 Å². The van der Waals surface area contributed by atoms with Crippen molar-refractivity contribution in [1.29, 1.82) is 0 Å². The summed E-state index contributed by atoms with van der Waals surface area (Å²) in [5.74, 6) is -0.990. The Labute approximate surface area is 107 Å². The fraction of sp³-hybridized carbons (Fsp3) is 0.667. The first-order valence-electron chi connectivity index (χ1n) is 6.06. The van der Waals surface area contributed by atoms with Gasteiger partial charge in [0, 0.05) is 0 Å². The second-order valence-corrected chi connectivity index (χ2v) is 4.44. The highest BCUT2D eigenvalue weighted by molar-refractivity contribution is 6.32. The maximum absolute atomic E-state index is 11.2. The molecule has 0 aliphatic rings. The second kappa shape index (κ2) is 6.05. The van der Waals surface area contributed by atoms with Crippen LogP contribution in [0.3, 0.4) is 0 Å². The molecule has 0 saturated heterocycles. The number of hydrogen-bond acceptors (Lipinski definition) is 2. The Morgan fingerprint density at radius 2 is 2.00 bits per heavy atom. The zero-order valence-electron chi connectivity index (χ0n) is 10.5. The Bertz CT molecular complexity index is 397. The van der Waals surface area contributed by atoms with E-state index in [1.807, 2.05) is 20.8 Å². The first kappa shape index (κ1) is 14.0. The highest BCUT2D eigenvalue weighted by atomic mass is 35.5. The number of aryl methyl sites for hydroxylation is 1. The van der Waals surface area contributed by atoms with Crippen LogP contribution < -0.4 is 0 Å². The number of hydrogen-bond donors (Lipinski definition) is 1. The smallest absolute Gasteiger partial charge is 0.340 e. The number of carboxylic acid groups (broad SMARTS) is 1. The summed E-state index contributed by atoms with van der Waals surface area (Å²) in [6.07, 6.45) is 3.29. The van der Waals surface area contributed by atoms with E-state index in [9.17, 15) is 9.90 Å². The molecule has 0 amide bonds. The zero-order valence-corrected chi connectivity index (χ0v) is 11.3. The lowest BCUT2D eigenvalue weighted by molar-refractivity contribution is 0.0695. The van der Waals surface area contributed by atoms with Gasteiger partial charge in [-0.1, -0.05) is 38.8 Å². The summed E-state index contributed by atoms with van der Waals surface area (Å²) in [6, 6.07) is 0.172. The Morgan fingerprint density at radius 3 is 2.41 bits per heavy atom. The lowest BCUT2D eigenvalue weighted by atomic mass is 10.1. The van der Waals surface area contributed by atoms with Gasteiger partial charge in [-0.15, -0.1) is 0 Å². The minimum absolute atomic E-state index is 0.167. The van der Waals surface area contributed by atoms with Gasteiger partial charge < -0.3 is 5.11 Å². The Morgan fingerprint density at radius 1 is 1.41 bits per heavy atom. The van der Waals surface area contributed by atoms with Crippen LogP contribution in [0, 0.1) is 0 Å². The van der Waals surface area contributed by atoms with Crippen molar-refractivity contribution < 1.29 is 9.90 Å². The Kier molecular flexibility index (Phi) is 5.00. The van der Waals surface area contributed by atoms with Gasteiger partial charge in [-0.3, -0.25) is 0 Å². The predicted octanol–water partition coefficient (Wildman–Crippen LogP) is 3.55. The molecule has 1 N–H and O–H groups in total. The van der Waals surface area contributed by atoms with E-state index >= 15 is 0 Å². The summed E-state index contributed by atoms with van der Waals surface area (Å²) < 4.78 is 1.66. The van der Waals surface area contributed by atoms with Gasteiger partial charge >= 0.3 is 5.97 Å². The standard InChI is InChI=1S/C12H19ClN2O2/c1-4-7-9-10(12(16)17)11(13)15(14-9)8(5-2)6-3/h8H,4-7H2,1-3H3,(H,16,17). The van der Waals surface area contributed by atoms with Crippen LogP contribution in [0.5, 0.6) is 0 Å². The van der Waals surface area contributed by atoms with E-state index in [1.54, 1.807) is 4.68 Å². The molecule has 0 spiro atoms.